The Hall–Kier alpha value is -3.41. The van der Waals surface area contributed by atoms with E-state index in [1.165, 1.54) is 6.92 Å². The lowest BCUT2D eigenvalue weighted by atomic mass is 10.1. The molecular formula is C21H22N2O4. The maximum atomic E-state index is 12.5. The standard InChI is InChI=1S/C21H22N2O4/c1-16(24)27-14-8-13-22-21(26)19(15-17-9-4-2-5-10-17)23-20(25)18-11-6-3-7-12-18/h2-7,9-12,15H,8,13-14H2,1H3,(H,22,26)(H,23,25). The quantitative estimate of drug-likeness (QED) is 0.427. The third kappa shape index (κ3) is 7.15. The van der Waals surface area contributed by atoms with E-state index in [-0.39, 0.29) is 24.2 Å². The molecule has 2 rings (SSSR count). The van der Waals surface area contributed by atoms with Crippen LogP contribution < -0.4 is 10.6 Å². The van der Waals surface area contributed by atoms with Gasteiger partial charge in [0, 0.05) is 19.0 Å². The second-order valence-corrected chi connectivity index (χ2v) is 5.74. The van der Waals surface area contributed by atoms with Crippen molar-refractivity contribution in [3.63, 3.8) is 0 Å². The fourth-order valence-corrected chi connectivity index (χ4v) is 2.24. The summed E-state index contributed by atoms with van der Waals surface area (Å²) in [4.78, 5) is 35.7. The van der Waals surface area contributed by atoms with E-state index < -0.39 is 5.91 Å². The molecule has 27 heavy (non-hydrogen) atoms. The van der Waals surface area contributed by atoms with Crippen molar-refractivity contribution in [2.45, 2.75) is 13.3 Å². The molecule has 0 aromatic heterocycles. The van der Waals surface area contributed by atoms with E-state index in [0.29, 0.717) is 18.5 Å². The first-order valence-corrected chi connectivity index (χ1v) is 8.61. The van der Waals surface area contributed by atoms with Crippen molar-refractivity contribution in [3.8, 4) is 0 Å². The van der Waals surface area contributed by atoms with Crippen molar-refractivity contribution in [2.24, 2.45) is 0 Å². The fourth-order valence-electron chi connectivity index (χ4n) is 2.24. The van der Waals surface area contributed by atoms with Crippen LogP contribution in [0.5, 0.6) is 0 Å². The number of carbonyl (C=O) groups excluding carboxylic acids is 3. The average molecular weight is 366 g/mol. The highest BCUT2D eigenvalue weighted by atomic mass is 16.5. The molecule has 2 aromatic carbocycles. The van der Waals surface area contributed by atoms with E-state index in [2.05, 4.69) is 10.6 Å². The van der Waals surface area contributed by atoms with Crippen LogP contribution in [0.1, 0.15) is 29.3 Å². The zero-order valence-electron chi connectivity index (χ0n) is 15.1. The summed E-state index contributed by atoms with van der Waals surface area (Å²) in [7, 11) is 0. The van der Waals surface area contributed by atoms with E-state index >= 15 is 0 Å². The van der Waals surface area contributed by atoms with Crippen LogP contribution in [0.25, 0.3) is 6.08 Å². The second kappa shape index (κ2) is 10.6. The molecule has 0 saturated carbocycles. The molecule has 0 saturated heterocycles. The van der Waals surface area contributed by atoms with Crippen LogP contribution in [0.15, 0.2) is 66.4 Å². The number of benzene rings is 2. The molecule has 2 amide bonds. The van der Waals surface area contributed by atoms with Crippen molar-refractivity contribution in [2.75, 3.05) is 13.2 Å². The van der Waals surface area contributed by atoms with Gasteiger partial charge in [-0.15, -0.1) is 0 Å². The number of carbonyl (C=O) groups is 3. The largest absolute Gasteiger partial charge is 0.466 e. The van der Waals surface area contributed by atoms with E-state index in [9.17, 15) is 14.4 Å². The van der Waals surface area contributed by atoms with Crippen molar-refractivity contribution >= 4 is 23.9 Å². The molecule has 0 heterocycles. The Labute approximate surface area is 158 Å². The van der Waals surface area contributed by atoms with Gasteiger partial charge in [0.1, 0.15) is 5.70 Å². The van der Waals surface area contributed by atoms with Gasteiger partial charge in [-0.3, -0.25) is 14.4 Å². The zero-order valence-corrected chi connectivity index (χ0v) is 15.1. The highest BCUT2D eigenvalue weighted by Gasteiger charge is 2.14. The second-order valence-electron chi connectivity index (χ2n) is 5.74. The van der Waals surface area contributed by atoms with Gasteiger partial charge in [0.25, 0.3) is 11.8 Å². The predicted octanol–water partition coefficient (Wildman–Crippen LogP) is 2.53. The van der Waals surface area contributed by atoms with Crippen LogP contribution in [0.3, 0.4) is 0 Å². The van der Waals surface area contributed by atoms with E-state index in [0.717, 1.165) is 5.56 Å². The Morgan fingerprint density at radius 2 is 1.59 bits per heavy atom. The Kier molecular flexibility index (Phi) is 7.78. The smallest absolute Gasteiger partial charge is 0.302 e. The number of ether oxygens (including phenoxy) is 1. The molecule has 0 radical (unpaired) electrons. The molecule has 0 aliphatic carbocycles. The maximum Gasteiger partial charge on any atom is 0.302 e. The maximum absolute atomic E-state index is 12.5. The molecule has 2 N–H and O–H groups in total. The minimum absolute atomic E-state index is 0.141. The van der Waals surface area contributed by atoms with Gasteiger partial charge in [-0.05, 0) is 30.2 Å². The lowest BCUT2D eigenvalue weighted by Gasteiger charge is -2.11. The van der Waals surface area contributed by atoms with Crippen molar-refractivity contribution < 1.29 is 19.1 Å². The van der Waals surface area contributed by atoms with Crippen LogP contribution in [0, 0.1) is 0 Å². The molecular weight excluding hydrogens is 344 g/mol. The normalized spacial score (nSPS) is 10.8. The van der Waals surface area contributed by atoms with E-state index in [1.807, 2.05) is 36.4 Å². The average Bonchev–Trinajstić information content (AvgIpc) is 2.68. The topological polar surface area (TPSA) is 84.5 Å². The molecule has 140 valence electrons. The SMILES string of the molecule is CC(=O)OCCCNC(=O)C(=Cc1ccccc1)NC(=O)c1ccccc1. The molecule has 0 bridgehead atoms. The monoisotopic (exact) mass is 366 g/mol. The number of hydrogen-bond acceptors (Lipinski definition) is 4. The Morgan fingerprint density at radius 3 is 2.22 bits per heavy atom. The summed E-state index contributed by atoms with van der Waals surface area (Å²) in [6.07, 6.45) is 2.10. The third-order valence-corrected chi connectivity index (χ3v) is 3.55. The van der Waals surface area contributed by atoms with Crippen LogP contribution in [-0.2, 0) is 14.3 Å². The summed E-state index contributed by atoms with van der Waals surface area (Å²) >= 11 is 0. The molecule has 6 heteroatoms. The summed E-state index contributed by atoms with van der Waals surface area (Å²) in [6.45, 7) is 1.88. The van der Waals surface area contributed by atoms with Gasteiger partial charge in [0.2, 0.25) is 0 Å². The van der Waals surface area contributed by atoms with E-state index in [4.69, 9.17) is 4.74 Å². The molecule has 0 aliphatic heterocycles. The van der Waals surface area contributed by atoms with Crippen LogP contribution in [0.2, 0.25) is 0 Å². The summed E-state index contributed by atoms with van der Waals surface area (Å²) in [6, 6.07) is 17.9. The number of hydrogen-bond donors (Lipinski definition) is 2. The van der Waals surface area contributed by atoms with Crippen LogP contribution in [0.4, 0.5) is 0 Å². The van der Waals surface area contributed by atoms with Crippen LogP contribution >= 0.6 is 0 Å². The molecule has 0 fully saturated rings. The molecule has 0 unspecified atom stereocenters. The lowest BCUT2D eigenvalue weighted by molar-refractivity contribution is -0.140. The van der Waals surface area contributed by atoms with Gasteiger partial charge < -0.3 is 15.4 Å². The fraction of sp³-hybridized carbons (Fsp3) is 0.190. The summed E-state index contributed by atoms with van der Waals surface area (Å²) < 4.78 is 4.83. The predicted molar refractivity (Wildman–Crippen MR) is 103 cm³/mol. The Balaban J connectivity index is 2.05. The minimum Gasteiger partial charge on any atom is -0.466 e. The number of rotatable bonds is 8. The zero-order chi connectivity index (χ0) is 19.5. The molecule has 0 aliphatic rings. The van der Waals surface area contributed by atoms with Gasteiger partial charge in [-0.2, -0.15) is 0 Å². The molecule has 0 atom stereocenters. The van der Waals surface area contributed by atoms with Gasteiger partial charge in [-0.1, -0.05) is 48.5 Å². The highest BCUT2D eigenvalue weighted by molar-refractivity contribution is 6.05. The van der Waals surface area contributed by atoms with Crippen molar-refractivity contribution in [1.82, 2.24) is 10.6 Å². The number of nitrogens with one attached hydrogen (secondary N) is 2. The van der Waals surface area contributed by atoms with Crippen molar-refractivity contribution in [3.05, 3.63) is 77.5 Å². The summed E-state index contributed by atoms with van der Waals surface area (Å²) in [5.41, 5.74) is 1.39. The first kappa shape index (κ1) is 19.9. The number of amides is 2. The highest BCUT2D eigenvalue weighted by Crippen LogP contribution is 2.07. The third-order valence-electron chi connectivity index (χ3n) is 3.55. The molecule has 6 nitrogen and oxygen atoms in total. The number of esters is 1. The van der Waals surface area contributed by atoms with Gasteiger partial charge in [0.05, 0.1) is 6.61 Å². The van der Waals surface area contributed by atoms with Crippen molar-refractivity contribution in [1.29, 1.82) is 0 Å². The molecule has 0 spiro atoms. The van der Waals surface area contributed by atoms with Crippen LogP contribution in [-0.4, -0.2) is 30.9 Å². The molecule has 2 aromatic rings. The first-order chi connectivity index (χ1) is 13.1. The first-order valence-electron chi connectivity index (χ1n) is 8.61. The van der Waals surface area contributed by atoms with Gasteiger partial charge in [0.15, 0.2) is 0 Å². The van der Waals surface area contributed by atoms with Gasteiger partial charge in [-0.25, -0.2) is 0 Å². The minimum atomic E-state index is -0.411. The summed E-state index contributed by atoms with van der Waals surface area (Å²) in [5, 5.41) is 5.39. The Bertz CT molecular complexity index is 801. The lowest BCUT2D eigenvalue weighted by Crippen LogP contribution is -2.35. The van der Waals surface area contributed by atoms with E-state index in [1.54, 1.807) is 30.3 Å². The Morgan fingerprint density at radius 1 is 0.963 bits per heavy atom. The summed E-state index contributed by atoms with van der Waals surface area (Å²) in [5.74, 6) is -1.14. The van der Waals surface area contributed by atoms with Gasteiger partial charge >= 0.3 is 5.97 Å².